The second-order valence-corrected chi connectivity index (χ2v) is 11.2. The summed E-state index contributed by atoms with van der Waals surface area (Å²) < 4.78 is 12.4. The molecule has 0 spiro atoms. The zero-order valence-corrected chi connectivity index (χ0v) is 23.7. The molecule has 1 aliphatic rings. The Kier molecular flexibility index (Phi) is 9.14. The fourth-order valence-corrected chi connectivity index (χ4v) is 6.24. The van der Waals surface area contributed by atoms with Crippen LogP contribution in [0.3, 0.4) is 0 Å². The van der Waals surface area contributed by atoms with E-state index < -0.39 is 0 Å². The highest BCUT2D eigenvalue weighted by atomic mass is 32.1. The Hall–Kier alpha value is -3.68. The van der Waals surface area contributed by atoms with E-state index in [-0.39, 0.29) is 17.5 Å². The van der Waals surface area contributed by atoms with Gasteiger partial charge in [0.2, 0.25) is 0 Å². The van der Waals surface area contributed by atoms with Gasteiger partial charge in [0.05, 0.1) is 0 Å². The van der Waals surface area contributed by atoms with Crippen molar-refractivity contribution in [3.05, 3.63) is 77.9 Å². The normalized spacial score (nSPS) is 13.8. The van der Waals surface area contributed by atoms with Crippen molar-refractivity contribution in [1.29, 1.82) is 0 Å². The molecule has 1 N–H and O–H groups in total. The predicted octanol–water partition coefficient (Wildman–Crippen LogP) is 7.47. The first-order valence-corrected chi connectivity index (χ1v) is 14.9. The van der Waals surface area contributed by atoms with Gasteiger partial charge in [0, 0.05) is 39.1 Å². The molecule has 0 aliphatic carbocycles. The highest BCUT2D eigenvalue weighted by molar-refractivity contribution is 7.22. The summed E-state index contributed by atoms with van der Waals surface area (Å²) in [6, 6.07) is 19.6. The van der Waals surface area contributed by atoms with Gasteiger partial charge in [-0.05, 0) is 105 Å². The van der Waals surface area contributed by atoms with Gasteiger partial charge in [-0.2, -0.15) is 0 Å². The fourth-order valence-electron chi connectivity index (χ4n) is 5.01. The number of likely N-dealkylation sites (tertiary alicyclic amines) is 1. The average Bonchev–Trinajstić information content (AvgIpc) is 3.35. The van der Waals surface area contributed by atoms with Crippen LogP contribution in [-0.4, -0.2) is 48.0 Å². The molecule has 0 unspecified atom stereocenters. The van der Waals surface area contributed by atoms with Crippen molar-refractivity contribution in [2.24, 2.45) is 0 Å². The SMILES string of the molecule is CCCCC(=O)Oc1ccc2c(C(=O)c3ccc(OCCN4CCCCC4)cc3)c(-c3ccc(O)cc3)sc2c1. The molecular weight excluding hydrogens is 522 g/mol. The molecule has 4 aromatic rings. The van der Waals surface area contributed by atoms with Gasteiger partial charge in [0.15, 0.2) is 5.78 Å². The lowest BCUT2D eigenvalue weighted by atomic mass is 9.97. The lowest BCUT2D eigenvalue weighted by Gasteiger charge is -2.26. The first-order chi connectivity index (χ1) is 19.5. The molecule has 0 saturated carbocycles. The van der Waals surface area contributed by atoms with E-state index in [2.05, 4.69) is 4.90 Å². The van der Waals surface area contributed by atoms with Gasteiger partial charge in [0.1, 0.15) is 23.9 Å². The first kappa shape index (κ1) is 27.9. The molecule has 1 saturated heterocycles. The Morgan fingerprint density at radius 2 is 1.65 bits per heavy atom. The van der Waals surface area contributed by atoms with Crippen molar-refractivity contribution in [3.8, 4) is 27.7 Å². The summed E-state index contributed by atoms with van der Waals surface area (Å²) in [5.74, 6) is 1.03. The fraction of sp³-hybridized carbons (Fsp3) is 0.333. The maximum atomic E-state index is 13.9. The Bertz CT molecular complexity index is 1450. The van der Waals surface area contributed by atoms with Gasteiger partial charge in [-0.1, -0.05) is 19.8 Å². The summed E-state index contributed by atoms with van der Waals surface area (Å²) >= 11 is 1.47. The molecule has 1 fully saturated rings. The molecule has 40 heavy (non-hydrogen) atoms. The number of carbonyl (C=O) groups is 2. The molecule has 3 aromatic carbocycles. The summed E-state index contributed by atoms with van der Waals surface area (Å²) in [4.78, 5) is 29.3. The van der Waals surface area contributed by atoms with Crippen LogP contribution in [0.15, 0.2) is 66.7 Å². The van der Waals surface area contributed by atoms with Crippen molar-refractivity contribution in [2.45, 2.75) is 45.4 Å². The number of piperidine rings is 1. The first-order valence-electron chi connectivity index (χ1n) is 14.1. The minimum Gasteiger partial charge on any atom is -0.508 e. The van der Waals surface area contributed by atoms with E-state index in [1.165, 1.54) is 30.6 Å². The van der Waals surface area contributed by atoms with Crippen LogP contribution in [0.1, 0.15) is 61.4 Å². The third-order valence-corrected chi connectivity index (χ3v) is 8.43. The number of hydrogen-bond donors (Lipinski definition) is 1. The molecule has 0 radical (unpaired) electrons. The monoisotopic (exact) mass is 557 g/mol. The standard InChI is InChI=1S/C33H35NO5S/c1-2-3-7-30(36)39-27-16-17-28-29(22-27)40-33(24-8-12-25(35)13-9-24)31(28)32(37)23-10-14-26(15-11-23)38-21-20-34-18-5-4-6-19-34/h8-17,22,35H,2-7,18-21H2,1H3. The van der Waals surface area contributed by atoms with Crippen molar-refractivity contribution >= 4 is 33.2 Å². The number of aromatic hydroxyl groups is 1. The molecule has 0 amide bonds. The minimum absolute atomic E-state index is 0.0955. The molecule has 7 heteroatoms. The van der Waals surface area contributed by atoms with Crippen LogP contribution in [0.2, 0.25) is 0 Å². The third kappa shape index (κ3) is 6.72. The molecule has 0 bridgehead atoms. The largest absolute Gasteiger partial charge is 0.508 e. The van der Waals surface area contributed by atoms with E-state index in [1.807, 2.05) is 55.5 Å². The number of ether oxygens (including phenoxy) is 2. The summed E-state index contributed by atoms with van der Waals surface area (Å²) in [6.45, 7) is 5.84. The summed E-state index contributed by atoms with van der Waals surface area (Å²) in [7, 11) is 0. The number of phenolic OH excluding ortho intramolecular Hbond substituents is 1. The number of carbonyl (C=O) groups excluding carboxylic acids is 2. The van der Waals surface area contributed by atoms with Crippen LogP contribution in [-0.2, 0) is 4.79 Å². The van der Waals surface area contributed by atoms with E-state index in [0.717, 1.165) is 58.8 Å². The van der Waals surface area contributed by atoms with Crippen molar-refractivity contribution in [2.75, 3.05) is 26.2 Å². The highest BCUT2D eigenvalue weighted by Crippen LogP contribution is 2.41. The molecular formula is C33H35NO5S. The van der Waals surface area contributed by atoms with Gasteiger partial charge in [-0.15, -0.1) is 11.3 Å². The number of ketones is 1. The minimum atomic E-state index is -0.258. The van der Waals surface area contributed by atoms with Crippen molar-refractivity contribution in [3.63, 3.8) is 0 Å². The number of fused-ring (bicyclic) bond motifs is 1. The van der Waals surface area contributed by atoms with Crippen LogP contribution in [0.25, 0.3) is 20.5 Å². The van der Waals surface area contributed by atoms with Gasteiger partial charge < -0.3 is 14.6 Å². The number of nitrogens with zero attached hydrogens (tertiary/aromatic N) is 1. The van der Waals surface area contributed by atoms with E-state index in [1.54, 1.807) is 18.2 Å². The topological polar surface area (TPSA) is 76.1 Å². The molecule has 5 rings (SSSR count). The quantitative estimate of drug-likeness (QED) is 0.117. The van der Waals surface area contributed by atoms with E-state index in [0.29, 0.717) is 29.9 Å². The Labute approximate surface area is 239 Å². The Morgan fingerprint density at radius 1 is 0.925 bits per heavy atom. The number of esters is 1. The number of rotatable bonds is 11. The van der Waals surface area contributed by atoms with Gasteiger partial charge in [-0.25, -0.2) is 0 Å². The number of thiophene rings is 1. The van der Waals surface area contributed by atoms with Crippen LogP contribution in [0, 0.1) is 0 Å². The van der Waals surface area contributed by atoms with Crippen molar-refractivity contribution < 1.29 is 24.2 Å². The maximum Gasteiger partial charge on any atom is 0.311 e. The number of phenols is 1. The van der Waals surface area contributed by atoms with Crippen LogP contribution < -0.4 is 9.47 Å². The number of unbranched alkanes of at least 4 members (excludes halogenated alkanes) is 1. The summed E-state index contributed by atoms with van der Waals surface area (Å²) in [5, 5.41) is 10.6. The molecule has 0 atom stereocenters. The molecule has 2 heterocycles. The maximum absolute atomic E-state index is 13.9. The second-order valence-electron chi connectivity index (χ2n) is 10.2. The summed E-state index contributed by atoms with van der Waals surface area (Å²) in [6.07, 6.45) is 5.91. The molecule has 1 aliphatic heterocycles. The number of hydrogen-bond acceptors (Lipinski definition) is 7. The lowest BCUT2D eigenvalue weighted by Crippen LogP contribution is -2.33. The van der Waals surface area contributed by atoms with Crippen molar-refractivity contribution in [1.82, 2.24) is 4.90 Å². The molecule has 208 valence electrons. The average molecular weight is 558 g/mol. The second kappa shape index (κ2) is 13.1. The van der Waals surface area contributed by atoms with Crippen LogP contribution in [0.4, 0.5) is 0 Å². The van der Waals surface area contributed by atoms with E-state index in [4.69, 9.17) is 9.47 Å². The lowest BCUT2D eigenvalue weighted by molar-refractivity contribution is -0.134. The Morgan fingerprint density at radius 3 is 2.38 bits per heavy atom. The van der Waals surface area contributed by atoms with Crippen LogP contribution in [0.5, 0.6) is 17.2 Å². The molecule has 1 aromatic heterocycles. The smallest absolute Gasteiger partial charge is 0.311 e. The number of benzene rings is 3. The third-order valence-electron chi connectivity index (χ3n) is 7.23. The summed E-state index contributed by atoms with van der Waals surface area (Å²) in [5.41, 5.74) is 1.99. The van der Waals surface area contributed by atoms with E-state index in [9.17, 15) is 14.7 Å². The van der Waals surface area contributed by atoms with Crippen LogP contribution >= 0.6 is 11.3 Å². The zero-order valence-electron chi connectivity index (χ0n) is 22.9. The molecule has 6 nitrogen and oxygen atoms in total. The Balaban J connectivity index is 1.39. The van der Waals surface area contributed by atoms with E-state index >= 15 is 0 Å². The highest BCUT2D eigenvalue weighted by Gasteiger charge is 2.22. The van der Waals surface area contributed by atoms with Gasteiger partial charge in [0.25, 0.3) is 0 Å². The zero-order chi connectivity index (χ0) is 27.9. The van der Waals surface area contributed by atoms with Gasteiger partial charge in [-0.3, -0.25) is 14.5 Å². The predicted molar refractivity (Wildman–Crippen MR) is 160 cm³/mol. The van der Waals surface area contributed by atoms with Gasteiger partial charge >= 0.3 is 5.97 Å².